The zero-order valence-electron chi connectivity index (χ0n) is 13.9. The second-order valence-electron chi connectivity index (χ2n) is 5.91. The number of hydrogen-bond donors (Lipinski definition) is 1. The monoisotopic (exact) mass is 325 g/mol. The summed E-state index contributed by atoms with van der Waals surface area (Å²) in [4.78, 5) is 25.2. The number of carbonyl (C=O) groups excluding carboxylic acids is 1. The normalized spacial score (nSPS) is 18.4. The van der Waals surface area contributed by atoms with Crippen molar-refractivity contribution < 1.29 is 4.79 Å². The van der Waals surface area contributed by atoms with Crippen LogP contribution in [0, 0.1) is 0 Å². The van der Waals surface area contributed by atoms with Crippen molar-refractivity contribution in [2.24, 2.45) is 0 Å². The Balaban J connectivity index is 1.67. The highest BCUT2D eigenvalue weighted by atomic mass is 16.2. The lowest BCUT2D eigenvalue weighted by atomic mass is 10.1. The Labute approximate surface area is 142 Å². The molecule has 1 saturated heterocycles. The lowest BCUT2D eigenvalue weighted by molar-refractivity contribution is -0.126. The quantitative estimate of drug-likeness (QED) is 0.887. The summed E-state index contributed by atoms with van der Waals surface area (Å²) >= 11 is 0. The van der Waals surface area contributed by atoms with Gasteiger partial charge in [0.05, 0.1) is 6.20 Å². The Bertz CT molecular complexity index is 649. The molecule has 1 aliphatic heterocycles. The van der Waals surface area contributed by atoms with E-state index in [0.29, 0.717) is 6.54 Å². The summed E-state index contributed by atoms with van der Waals surface area (Å²) in [5.41, 5.74) is 1.30. The molecule has 1 amide bonds. The Morgan fingerprint density at radius 2 is 2.08 bits per heavy atom. The average molecular weight is 325 g/mol. The van der Waals surface area contributed by atoms with Crippen LogP contribution < -0.4 is 10.2 Å². The summed E-state index contributed by atoms with van der Waals surface area (Å²) in [5, 5.41) is 2.79. The van der Waals surface area contributed by atoms with Crippen LogP contribution in [0.3, 0.4) is 0 Å². The number of aromatic nitrogens is 2. The fourth-order valence-corrected chi connectivity index (χ4v) is 3.08. The molecule has 1 N–H and O–H groups in total. The van der Waals surface area contributed by atoms with Gasteiger partial charge in [-0.3, -0.25) is 14.7 Å². The second-order valence-corrected chi connectivity index (χ2v) is 5.91. The minimum atomic E-state index is -0.172. The number of nitrogens with zero attached hydrogens (tertiary/aromatic N) is 4. The molecule has 1 aromatic carbocycles. The number of carbonyl (C=O) groups is 1. The third-order valence-corrected chi connectivity index (χ3v) is 4.44. The maximum Gasteiger partial charge on any atom is 0.238 e. The SMILES string of the molecule is CNC(=O)[C@@H]1CN(c2cnccn2)CCN1CCc1ccccc1. The molecular formula is C18H23N5O. The first-order chi connectivity index (χ1) is 11.8. The molecule has 1 fully saturated rings. The van der Waals surface area contributed by atoms with E-state index < -0.39 is 0 Å². The molecule has 24 heavy (non-hydrogen) atoms. The third kappa shape index (κ3) is 3.89. The Morgan fingerprint density at radius 1 is 1.25 bits per heavy atom. The van der Waals surface area contributed by atoms with Crippen molar-refractivity contribution in [1.29, 1.82) is 0 Å². The number of piperazine rings is 1. The van der Waals surface area contributed by atoms with E-state index in [0.717, 1.165) is 31.9 Å². The summed E-state index contributed by atoms with van der Waals surface area (Å²) < 4.78 is 0. The molecule has 1 aromatic heterocycles. The van der Waals surface area contributed by atoms with E-state index in [4.69, 9.17) is 0 Å². The number of amides is 1. The Morgan fingerprint density at radius 3 is 2.79 bits per heavy atom. The number of benzene rings is 1. The third-order valence-electron chi connectivity index (χ3n) is 4.44. The van der Waals surface area contributed by atoms with Crippen LogP contribution in [0.4, 0.5) is 5.82 Å². The highest BCUT2D eigenvalue weighted by molar-refractivity contribution is 5.82. The van der Waals surface area contributed by atoms with Gasteiger partial charge in [0.25, 0.3) is 0 Å². The molecule has 0 radical (unpaired) electrons. The average Bonchev–Trinajstić information content (AvgIpc) is 2.67. The molecule has 0 spiro atoms. The second kappa shape index (κ2) is 7.88. The smallest absolute Gasteiger partial charge is 0.238 e. The van der Waals surface area contributed by atoms with Crippen LogP contribution in [-0.4, -0.2) is 60.0 Å². The largest absolute Gasteiger partial charge is 0.358 e. The molecule has 0 aliphatic carbocycles. The fraction of sp³-hybridized carbons (Fsp3) is 0.389. The van der Waals surface area contributed by atoms with Crippen LogP contribution in [-0.2, 0) is 11.2 Å². The minimum absolute atomic E-state index is 0.0525. The van der Waals surface area contributed by atoms with Gasteiger partial charge < -0.3 is 10.2 Å². The molecule has 2 heterocycles. The van der Waals surface area contributed by atoms with Gasteiger partial charge >= 0.3 is 0 Å². The summed E-state index contributed by atoms with van der Waals surface area (Å²) in [6.07, 6.45) is 6.04. The lowest BCUT2D eigenvalue weighted by Crippen LogP contribution is -2.59. The molecule has 2 aromatic rings. The number of anilines is 1. The van der Waals surface area contributed by atoms with Gasteiger partial charge in [0, 0.05) is 45.6 Å². The van der Waals surface area contributed by atoms with Crippen molar-refractivity contribution in [2.75, 3.05) is 38.1 Å². The predicted molar refractivity (Wildman–Crippen MR) is 93.8 cm³/mol. The van der Waals surface area contributed by atoms with Gasteiger partial charge in [0.1, 0.15) is 11.9 Å². The number of hydrogen-bond acceptors (Lipinski definition) is 5. The van der Waals surface area contributed by atoms with Crippen molar-refractivity contribution in [3.8, 4) is 0 Å². The van der Waals surface area contributed by atoms with Gasteiger partial charge in [-0.2, -0.15) is 0 Å². The van der Waals surface area contributed by atoms with E-state index in [1.807, 2.05) is 6.07 Å². The molecule has 0 bridgehead atoms. The highest BCUT2D eigenvalue weighted by Crippen LogP contribution is 2.17. The van der Waals surface area contributed by atoms with Gasteiger partial charge in [0.2, 0.25) is 5.91 Å². The summed E-state index contributed by atoms with van der Waals surface area (Å²) in [5.74, 6) is 0.880. The minimum Gasteiger partial charge on any atom is -0.358 e. The molecule has 1 aliphatic rings. The summed E-state index contributed by atoms with van der Waals surface area (Å²) in [7, 11) is 1.69. The van der Waals surface area contributed by atoms with Crippen LogP contribution >= 0.6 is 0 Å². The first-order valence-electron chi connectivity index (χ1n) is 8.28. The van der Waals surface area contributed by atoms with E-state index in [2.05, 4.69) is 49.4 Å². The van der Waals surface area contributed by atoms with Gasteiger partial charge in [0.15, 0.2) is 0 Å². The van der Waals surface area contributed by atoms with E-state index in [1.54, 1.807) is 25.6 Å². The molecule has 126 valence electrons. The standard InChI is InChI=1S/C18H23N5O/c1-19-18(24)16-14-23(17-13-20-8-9-21-17)12-11-22(16)10-7-15-5-3-2-4-6-15/h2-6,8-9,13,16H,7,10-12,14H2,1H3,(H,19,24)/t16-/m0/s1. The van der Waals surface area contributed by atoms with Crippen molar-refractivity contribution in [1.82, 2.24) is 20.2 Å². The molecular weight excluding hydrogens is 302 g/mol. The Hall–Kier alpha value is -2.47. The molecule has 0 unspecified atom stereocenters. The number of likely N-dealkylation sites (N-methyl/N-ethyl adjacent to an activating group) is 1. The lowest BCUT2D eigenvalue weighted by Gasteiger charge is -2.40. The van der Waals surface area contributed by atoms with Crippen LogP contribution in [0.25, 0.3) is 0 Å². The van der Waals surface area contributed by atoms with Crippen molar-refractivity contribution in [3.05, 3.63) is 54.5 Å². The number of nitrogens with one attached hydrogen (secondary N) is 1. The summed E-state index contributed by atoms with van der Waals surface area (Å²) in [6, 6.07) is 10.2. The van der Waals surface area contributed by atoms with Crippen molar-refractivity contribution >= 4 is 11.7 Å². The fourth-order valence-electron chi connectivity index (χ4n) is 3.08. The Kier molecular flexibility index (Phi) is 5.38. The van der Waals surface area contributed by atoms with Crippen LogP contribution in [0.2, 0.25) is 0 Å². The van der Waals surface area contributed by atoms with E-state index in [-0.39, 0.29) is 11.9 Å². The van der Waals surface area contributed by atoms with Crippen LogP contribution in [0.1, 0.15) is 5.56 Å². The molecule has 0 saturated carbocycles. The van der Waals surface area contributed by atoms with Gasteiger partial charge in [-0.15, -0.1) is 0 Å². The van der Waals surface area contributed by atoms with E-state index in [9.17, 15) is 4.79 Å². The maximum absolute atomic E-state index is 12.3. The number of rotatable bonds is 5. The zero-order valence-corrected chi connectivity index (χ0v) is 13.9. The summed E-state index contributed by atoms with van der Waals surface area (Å²) in [6.45, 7) is 3.19. The zero-order chi connectivity index (χ0) is 16.8. The highest BCUT2D eigenvalue weighted by Gasteiger charge is 2.32. The van der Waals surface area contributed by atoms with E-state index >= 15 is 0 Å². The van der Waals surface area contributed by atoms with Crippen molar-refractivity contribution in [3.63, 3.8) is 0 Å². The molecule has 3 rings (SSSR count). The first kappa shape index (κ1) is 16.4. The predicted octanol–water partition coefficient (Wildman–Crippen LogP) is 0.956. The van der Waals surface area contributed by atoms with Crippen LogP contribution in [0.5, 0.6) is 0 Å². The molecule has 6 nitrogen and oxygen atoms in total. The van der Waals surface area contributed by atoms with E-state index in [1.165, 1.54) is 5.56 Å². The maximum atomic E-state index is 12.3. The van der Waals surface area contributed by atoms with Gasteiger partial charge in [-0.05, 0) is 12.0 Å². The van der Waals surface area contributed by atoms with Gasteiger partial charge in [-0.1, -0.05) is 30.3 Å². The first-order valence-corrected chi connectivity index (χ1v) is 8.28. The van der Waals surface area contributed by atoms with Gasteiger partial charge in [-0.25, -0.2) is 4.98 Å². The van der Waals surface area contributed by atoms with Crippen molar-refractivity contribution in [2.45, 2.75) is 12.5 Å². The molecule has 6 heteroatoms. The van der Waals surface area contributed by atoms with Crippen LogP contribution in [0.15, 0.2) is 48.9 Å². The topological polar surface area (TPSA) is 61.4 Å². The molecule has 1 atom stereocenters.